The van der Waals surface area contributed by atoms with Gasteiger partial charge in [0.1, 0.15) is 5.52 Å². The third kappa shape index (κ3) is 4.84. The van der Waals surface area contributed by atoms with Crippen LogP contribution in [0.4, 0.5) is 5.95 Å². The van der Waals surface area contributed by atoms with Crippen molar-refractivity contribution in [3.63, 3.8) is 0 Å². The lowest BCUT2D eigenvalue weighted by Gasteiger charge is -1.97. The van der Waals surface area contributed by atoms with Crippen molar-refractivity contribution in [3.8, 4) is 0 Å². The van der Waals surface area contributed by atoms with Crippen LogP contribution in [0.5, 0.6) is 0 Å². The Bertz CT molecular complexity index is 881. The third-order valence-corrected chi connectivity index (χ3v) is 3.19. The standard InChI is InChI=1S/C19H22N6/c1-5-8-9-12-14(4)13-20-24-19-22-18-17(23-25-19)15(10-6-2)16(21-18)11-7-3/h5-13H,1H2,2-4H3,(H2,21,22,24,25)/b9-8-,10-6-,11-7-,14-12+,20-13+. The van der Waals surface area contributed by atoms with Gasteiger partial charge >= 0.3 is 0 Å². The molecule has 128 valence electrons. The van der Waals surface area contributed by atoms with Crippen molar-refractivity contribution < 1.29 is 0 Å². The molecule has 0 amide bonds. The van der Waals surface area contributed by atoms with Crippen LogP contribution in [0.2, 0.25) is 0 Å². The van der Waals surface area contributed by atoms with E-state index in [1.807, 2.05) is 63.3 Å². The second-order valence-electron chi connectivity index (χ2n) is 5.19. The Hall–Kier alpha value is -3.28. The minimum atomic E-state index is 0.332. The lowest BCUT2D eigenvalue weighted by atomic mass is 10.2. The average Bonchev–Trinajstić information content (AvgIpc) is 2.93. The molecule has 2 heterocycles. The summed E-state index contributed by atoms with van der Waals surface area (Å²) in [6.45, 7) is 9.49. The molecule has 0 saturated heterocycles. The number of aromatic amines is 1. The number of H-pyrrole nitrogens is 1. The monoisotopic (exact) mass is 334 g/mol. The molecule has 0 fully saturated rings. The van der Waals surface area contributed by atoms with Gasteiger partial charge < -0.3 is 4.98 Å². The molecule has 0 aliphatic carbocycles. The van der Waals surface area contributed by atoms with E-state index in [-0.39, 0.29) is 0 Å². The van der Waals surface area contributed by atoms with Crippen molar-refractivity contribution >= 4 is 35.5 Å². The number of nitrogens with one attached hydrogen (secondary N) is 2. The summed E-state index contributed by atoms with van der Waals surface area (Å²) < 4.78 is 0. The predicted octanol–water partition coefficient (Wildman–Crippen LogP) is 4.51. The Morgan fingerprint density at radius 2 is 1.96 bits per heavy atom. The Morgan fingerprint density at radius 3 is 2.68 bits per heavy atom. The van der Waals surface area contributed by atoms with Crippen molar-refractivity contribution in [1.82, 2.24) is 20.2 Å². The highest BCUT2D eigenvalue weighted by Crippen LogP contribution is 2.22. The van der Waals surface area contributed by atoms with Crippen molar-refractivity contribution in [3.05, 3.63) is 59.9 Å². The summed E-state index contributed by atoms with van der Waals surface area (Å²) in [6, 6.07) is 0. The van der Waals surface area contributed by atoms with Crippen LogP contribution in [-0.4, -0.2) is 26.4 Å². The van der Waals surface area contributed by atoms with Crippen molar-refractivity contribution in [1.29, 1.82) is 0 Å². The number of rotatable bonds is 7. The smallest absolute Gasteiger partial charge is 0.265 e. The van der Waals surface area contributed by atoms with Crippen LogP contribution >= 0.6 is 0 Å². The number of allylic oxidation sites excluding steroid dienone is 7. The first-order valence-corrected chi connectivity index (χ1v) is 7.96. The van der Waals surface area contributed by atoms with Crippen molar-refractivity contribution in [2.45, 2.75) is 20.8 Å². The maximum Gasteiger partial charge on any atom is 0.265 e. The van der Waals surface area contributed by atoms with Crippen LogP contribution in [0.25, 0.3) is 23.3 Å². The van der Waals surface area contributed by atoms with Crippen LogP contribution in [0.1, 0.15) is 32.0 Å². The molecule has 0 bridgehead atoms. The molecule has 2 aromatic rings. The first-order chi connectivity index (χ1) is 12.2. The van der Waals surface area contributed by atoms with Crippen LogP contribution in [-0.2, 0) is 0 Å². The molecule has 0 saturated carbocycles. The van der Waals surface area contributed by atoms with Gasteiger partial charge in [-0.2, -0.15) is 10.1 Å². The number of fused-ring (bicyclic) bond motifs is 1. The topological polar surface area (TPSA) is 78.9 Å². The lowest BCUT2D eigenvalue weighted by Crippen LogP contribution is -1.99. The molecule has 2 aromatic heterocycles. The second-order valence-corrected chi connectivity index (χ2v) is 5.19. The fraction of sp³-hybridized carbons (Fsp3) is 0.158. The summed E-state index contributed by atoms with van der Waals surface area (Å²) in [4.78, 5) is 7.68. The zero-order chi connectivity index (χ0) is 18.1. The summed E-state index contributed by atoms with van der Waals surface area (Å²) in [7, 11) is 0. The van der Waals surface area contributed by atoms with Gasteiger partial charge in [0.05, 0.1) is 6.21 Å². The Balaban J connectivity index is 2.22. The normalized spacial score (nSPS) is 13.2. The zero-order valence-electron chi connectivity index (χ0n) is 14.7. The molecule has 0 unspecified atom stereocenters. The SMILES string of the molecule is C=C\C=C/C=C(C)/C=N/Nc1nnc2c(/C=C\C)c(/C=C\C)[nH]c2n1. The van der Waals surface area contributed by atoms with Gasteiger partial charge in [0, 0.05) is 11.3 Å². The molecule has 0 spiro atoms. The van der Waals surface area contributed by atoms with Gasteiger partial charge in [-0.25, -0.2) is 5.43 Å². The summed E-state index contributed by atoms with van der Waals surface area (Å²) in [5.74, 6) is 0.332. The number of anilines is 1. The molecule has 0 aliphatic heterocycles. The lowest BCUT2D eigenvalue weighted by molar-refractivity contribution is 1.01. The third-order valence-electron chi connectivity index (χ3n) is 3.19. The van der Waals surface area contributed by atoms with E-state index in [9.17, 15) is 0 Å². The maximum absolute atomic E-state index is 4.42. The van der Waals surface area contributed by atoms with Gasteiger partial charge in [0.25, 0.3) is 5.95 Å². The Morgan fingerprint density at radius 1 is 1.16 bits per heavy atom. The van der Waals surface area contributed by atoms with E-state index in [1.54, 1.807) is 12.3 Å². The maximum atomic E-state index is 4.42. The highest BCUT2D eigenvalue weighted by Gasteiger charge is 2.11. The molecule has 2 N–H and O–H groups in total. The van der Waals surface area contributed by atoms with E-state index < -0.39 is 0 Å². The van der Waals surface area contributed by atoms with E-state index in [4.69, 9.17) is 0 Å². The van der Waals surface area contributed by atoms with E-state index in [2.05, 4.69) is 37.3 Å². The van der Waals surface area contributed by atoms with Gasteiger partial charge in [-0.3, -0.25) is 0 Å². The molecule has 6 nitrogen and oxygen atoms in total. The molecule has 6 heteroatoms. The van der Waals surface area contributed by atoms with E-state index in [0.29, 0.717) is 11.6 Å². The highest BCUT2D eigenvalue weighted by atomic mass is 15.4. The molecule has 0 atom stereocenters. The molecular formula is C19H22N6. The fourth-order valence-electron chi connectivity index (χ4n) is 2.12. The molecule has 25 heavy (non-hydrogen) atoms. The highest BCUT2D eigenvalue weighted by molar-refractivity contribution is 5.88. The van der Waals surface area contributed by atoms with Crippen LogP contribution in [0, 0.1) is 0 Å². The quantitative estimate of drug-likeness (QED) is 0.444. The van der Waals surface area contributed by atoms with Gasteiger partial charge in [0.15, 0.2) is 5.65 Å². The van der Waals surface area contributed by atoms with E-state index in [1.165, 1.54) is 0 Å². The minimum Gasteiger partial charge on any atom is -0.338 e. The molecule has 0 aliphatic rings. The molecule has 0 aromatic carbocycles. The molecular weight excluding hydrogens is 312 g/mol. The molecule has 0 radical (unpaired) electrons. The number of hydrazone groups is 1. The summed E-state index contributed by atoms with van der Waals surface area (Å²) in [5, 5.41) is 12.5. The van der Waals surface area contributed by atoms with E-state index in [0.717, 1.165) is 22.3 Å². The first-order valence-electron chi connectivity index (χ1n) is 7.96. The van der Waals surface area contributed by atoms with Crippen molar-refractivity contribution in [2.75, 3.05) is 5.43 Å². The van der Waals surface area contributed by atoms with Crippen LogP contribution < -0.4 is 5.43 Å². The zero-order valence-corrected chi connectivity index (χ0v) is 14.7. The van der Waals surface area contributed by atoms with Gasteiger partial charge in [-0.05, 0) is 32.4 Å². The number of hydrogen-bond donors (Lipinski definition) is 2. The van der Waals surface area contributed by atoms with Crippen molar-refractivity contribution in [2.24, 2.45) is 5.10 Å². The van der Waals surface area contributed by atoms with Crippen LogP contribution in [0.3, 0.4) is 0 Å². The summed E-state index contributed by atoms with van der Waals surface area (Å²) in [6.07, 6.45) is 17.0. The second kappa shape index (κ2) is 9.12. The van der Waals surface area contributed by atoms with E-state index >= 15 is 0 Å². The Kier molecular flexibility index (Phi) is 6.59. The average molecular weight is 334 g/mol. The van der Waals surface area contributed by atoms with Gasteiger partial charge in [0.2, 0.25) is 0 Å². The van der Waals surface area contributed by atoms with Gasteiger partial charge in [-0.1, -0.05) is 49.1 Å². The largest absolute Gasteiger partial charge is 0.338 e. The fourth-order valence-corrected chi connectivity index (χ4v) is 2.12. The number of nitrogens with zero attached hydrogens (tertiary/aromatic N) is 4. The molecule has 2 rings (SSSR count). The van der Waals surface area contributed by atoms with Gasteiger partial charge in [-0.15, -0.1) is 10.2 Å². The number of hydrogen-bond acceptors (Lipinski definition) is 5. The van der Waals surface area contributed by atoms with Crippen LogP contribution in [0.15, 0.2) is 53.7 Å². The summed E-state index contributed by atoms with van der Waals surface area (Å²) in [5.41, 5.74) is 7.08. The Labute approximate surface area is 147 Å². The summed E-state index contributed by atoms with van der Waals surface area (Å²) >= 11 is 0. The number of aromatic nitrogens is 4. The predicted molar refractivity (Wildman–Crippen MR) is 106 cm³/mol. The minimum absolute atomic E-state index is 0.332. The first kappa shape index (κ1) is 18.1.